The standard InChI is InChI=1S/C10H21N3O2/c1-4-13(5-2)10(15)8(3)12-7-6-9(11)14/h8,12H,4-7H2,1-3H3,(H2,11,14). The van der Waals surface area contributed by atoms with Gasteiger partial charge in [0.25, 0.3) is 0 Å². The average molecular weight is 215 g/mol. The molecular formula is C10H21N3O2. The highest BCUT2D eigenvalue weighted by Crippen LogP contribution is 1.94. The largest absolute Gasteiger partial charge is 0.370 e. The van der Waals surface area contributed by atoms with E-state index in [-0.39, 0.29) is 24.3 Å². The minimum Gasteiger partial charge on any atom is -0.370 e. The lowest BCUT2D eigenvalue weighted by Gasteiger charge is -2.23. The maximum atomic E-state index is 11.7. The molecule has 0 saturated heterocycles. The molecule has 0 aliphatic rings. The van der Waals surface area contributed by atoms with Crippen molar-refractivity contribution in [1.29, 1.82) is 0 Å². The molecule has 1 atom stereocenters. The molecule has 15 heavy (non-hydrogen) atoms. The van der Waals surface area contributed by atoms with Crippen LogP contribution in [0.5, 0.6) is 0 Å². The first-order valence-corrected chi connectivity index (χ1v) is 5.33. The molecule has 0 radical (unpaired) electrons. The maximum absolute atomic E-state index is 11.7. The summed E-state index contributed by atoms with van der Waals surface area (Å²) in [7, 11) is 0. The van der Waals surface area contributed by atoms with Crippen LogP contribution >= 0.6 is 0 Å². The Hall–Kier alpha value is -1.10. The molecule has 2 amide bonds. The number of rotatable bonds is 7. The molecular weight excluding hydrogens is 194 g/mol. The molecule has 0 aliphatic heterocycles. The smallest absolute Gasteiger partial charge is 0.239 e. The SMILES string of the molecule is CCN(CC)C(=O)C(C)NCCC(N)=O. The summed E-state index contributed by atoms with van der Waals surface area (Å²) >= 11 is 0. The third-order valence-electron chi connectivity index (χ3n) is 2.27. The second kappa shape index (κ2) is 7.23. The van der Waals surface area contributed by atoms with E-state index in [0.29, 0.717) is 19.6 Å². The molecule has 1 unspecified atom stereocenters. The Morgan fingerprint density at radius 2 is 1.87 bits per heavy atom. The molecule has 0 rings (SSSR count). The number of amides is 2. The summed E-state index contributed by atoms with van der Waals surface area (Å²) in [6.45, 7) is 7.54. The van der Waals surface area contributed by atoms with Crippen LogP contribution in [0, 0.1) is 0 Å². The predicted octanol–water partition coefficient (Wildman–Crippen LogP) is -0.292. The Labute approximate surface area is 91.0 Å². The van der Waals surface area contributed by atoms with Crippen molar-refractivity contribution in [3.63, 3.8) is 0 Å². The number of hydrogen-bond donors (Lipinski definition) is 2. The molecule has 0 spiro atoms. The van der Waals surface area contributed by atoms with Crippen LogP contribution in [-0.2, 0) is 9.59 Å². The average Bonchev–Trinajstić information content (AvgIpc) is 2.18. The van der Waals surface area contributed by atoms with E-state index in [4.69, 9.17) is 5.73 Å². The zero-order valence-electron chi connectivity index (χ0n) is 9.75. The highest BCUT2D eigenvalue weighted by atomic mass is 16.2. The van der Waals surface area contributed by atoms with E-state index in [1.807, 2.05) is 13.8 Å². The molecule has 0 heterocycles. The fourth-order valence-corrected chi connectivity index (χ4v) is 1.31. The van der Waals surface area contributed by atoms with Gasteiger partial charge in [0.15, 0.2) is 0 Å². The van der Waals surface area contributed by atoms with Gasteiger partial charge in [0, 0.05) is 26.1 Å². The van der Waals surface area contributed by atoms with Crippen LogP contribution in [0.15, 0.2) is 0 Å². The number of likely N-dealkylation sites (N-methyl/N-ethyl adjacent to an activating group) is 1. The summed E-state index contributed by atoms with van der Waals surface area (Å²) in [6, 6.07) is -0.260. The Bertz CT molecular complexity index is 215. The van der Waals surface area contributed by atoms with Gasteiger partial charge < -0.3 is 16.0 Å². The monoisotopic (exact) mass is 215 g/mol. The molecule has 3 N–H and O–H groups in total. The zero-order valence-corrected chi connectivity index (χ0v) is 9.75. The van der Waals surface area contributed by atoms with E-state index < -0.39 is 0 Å². The number of primary amides is 1. The Morgan fingerprint density at radius 3 is 2.27 bits per heavy atom. The number of nitrogens with two attached hydrogens (primary N) is 1. The van der Waals surface area contributed by atoms with Crippen molar-refractivity contribution in [2.75, 3.05) is 19.6 Å². The van der Waals surface area contributed by atoms with Gasteiger partial charge in [0.2, 0.25) is 11.8 Å². The summed E-state index contributed by atoms with van der Waals surface area (Å²) in [5.74, 6) is -0.297. The molecule has 5 heteroatoms. The molecule has 0 saturated carbocycles. The molecule has 0 aromatic heterocycles. The van der Waals surface area contributed by atoms with Crippen molar-refractivity contribution in [2.24, 2.45) is 5.73 Å². The summed E-state index contributed by atoms with van der Waals surface area (Å²) in [5, 5.41) is 2.97. The van der Waals surface area contributed by atoms with E-state index in [2.05, 4.69) is 5.32 Å². The Kier molecular flexibility index (Phi) is 6.70. The van der Waals surface area contributed by atoms with E-state index in [1.54, 1.807) is 11.8 Å². The van der Waals surface area contributed by atoms with Crippen LogP contribution < -0.4 is 11.1 Å². The third-order valence-corrected chi connectivity index (χ3v) is 2.27. The maximum Gasteiger partial charge on any atom is 0.239 e. The molecule has 0 aromatic rings. The lowest BCUT2D eigenvalue weighted by atomic mass is 10.2. The Morgan fingerprint density at radius 1 is 1.33 bits per heavy atom. The van der Waals surface area contributed by atoms with Gasteiger partial charge in [-0.15, -0.1) is 0 Å². The fraction of sp³-hybridized carbons (Fsp3) is 0.800. The number of carbonyl (C=O) groups excluding carboxylic acids is 2. The minimum absolute atomic E-state index is 0.0597. The molecule has 0 aromatic carbocycles. The van der Waals surface area contributed by atoms with Gasteiger partial charge >= 0.3 is 0 Å². The molecule has 88 valence electrons. The van der Waals surface area contributed by atoms with Gasteiger partial charge in [0.05, 0.1) is 6.04 Å². The number of nitrogens with zero attached hydrogens (tertiary/aromatic N) is 1. The Balaban J connectivity index is 3.92. The van der Waals surface area contributed by atoms with Crippen molar-refractivity contribution >= 4 is 11.8 Å². The molecule has 0 aliphatic carbocycles. The van der Waals surface area contributed by atoms with Crippen molar-refractivity contribution < 1.29 is 9.59 Å². The van der Waals surface area contributed by atoms with Crippen molar-refractivity contribution in [3.8, 4) is 0 Å². The van der Waals surface area contributed by atoms with Crippen molar-refractivity contribution in [3.05, 3.63) is 0 Å². The highest BCUT2D eigenvalue weighted by molar-refractivity contribution is 5.81. The van der Waals surface area contributed by atoms with Gasteiger partial charge in [0.1, 0.15) is 0 Å². The van der Waals surface area contributed by atoms with E-state index in [0.717, 1.165) is 0 Å². The summed E-state index contributed by atoms with van der Waals surface area (Å²) < 4.78 is 0. The van der Waals surface area contributed by atoms with Crippen molar-refractivity contribution in [1.82, 2.24) is 10.2 Å². The second-order valence-corrected chi connectivity index (χ2v) is 3.40. The fourth-order valence-electron chi connectivity index (χ4n) is 1.31. The van der Waals surface area contributed by atoms with Crippen LogP contribution in [-0.4, -0.2) is 42.4 Å². The van der Waals surface area contributed by atoms with Crippen LogP contribution in [0.1, 0.15) is 27.2 Å². The van der Waals surface area contributed by atoms with Gasteiger partial charge in [-0.05, 0) is 20.8 Å². The predicted molar refractivity (Wildman–Crippen MR) is 59.2 cm³/mol. The van der Waals surface area contributed by atoms with Gasteiger partial charge in [-0.3, -0.25) is 9.59 Å². The van der Waals surface area contributed by atoms with E-state index >= 15 is 0 Å². The molecule has 5 nitrogen and oxygen atoms in total. The summed E-state index contributed by atoms with van der Waals surface area (Å²) in [5.41, 5.74) is 4.99. The van der Waals surface area contributed by atoms with E-state index in [9.17, 15) is 9.59 Å². The number of nitrogens with one attached hydrogen (secondary N) is 1. The van der Waals surface area contributed by atoms with Gasteiger partial charge in [-0.25, -0.2) is 0 Å². The first kappa shape index (κ1) is 13.9. The van der Waals surface area contributed by atoms with Crippen molar-refractivity contribution in [2.45, 2.75) is 33.2 Å². The first-order valence-electron chi connectivity index (χ1n) is 5.33. The second-order valence-electron chi connectivity index (χ2n) is 3.40. The summed E-state index contributed by atoms with van der Waals surface area (Å²) in [4.78, 5) is 24.0. The number of hydrogen-bond acceptors (Lipinski definition) is 3. The highest BCUT2D eigenvalue weighted by Gasteiger charge is 2.16. The third kappa shape index (κ3) is 5.37. The zero-order chi connectivity index (χ0) is 11.8. The van der Waals surface area contributed by atoms with Gasteiger partial charge in [-0.1, -0.05) is 0 Å². The van der Waals surface area contributed by atoms with Gasteiger partial charge in [-0.2, -0.15) is 0 Å². The summed E-state index contributed by atoms with van der Waals surface area (Å²) in [6.07, 6.45) is 0.260. The van der Waals surface area contributed by atoms with Crippen LogP contribution in [0.2, 0.25) is 0 Å². The first-order chi connectivity index (χ1) is 7.02. The molecule has 0 fully saturated rings. The topological polar surface area (TPSA) is 75.4 Å². The van der Waals surface area contributed by atoms with E-state index in [1.165, 1.54) is 0 Å². The van der Waals surface area contributed by atoms with Crippen LogP contribution in [0.4, 0.5) is 0 Å². The number of carbonyl (C=O) groups is 2. The quantitative estimate of drug-likeness (QED) is 0.612. The van der Waals surface area contributed by atoms with Crippen LogP contribution in [0.25, 0.3) is 0 Å². The molecule has 0 bridgehead atoms. The lowest BCUT2D eigenvalue weighted by molar-refractivity contribution is -0.132. The normalized spacial score (nSPS) is 12.2. The minimum atomic E-state index is -0.356. The van der Waals surface area contributed by atoms with Crippen LogP contribution in [0.3, 0.4) is 0 Å². The lowest BCUT2D eigenvalue weighted by Crippen LogP contribution is -2.45.